The maximum atomic E-state index is 12.3. The number of benzene rings is 2. The van der Waals surface area contributed by atoms with Crippen LogP contribution in [0.3, 0.4) is 0 Å². The fourth-order valence-electron chi connectivity index (χ4n) is 2.20. The fourth-order valence-corrected chi connectivity index (χ4v) is 2.35. The Bertz CT molecular complexity index is 934. The molecule has 0 fully saturated rings. The van der Waals surface area contributed by atoms with Crippen molar-refractivity contribution in [3.05, 3.63) is 65.2 Å². The minimum absolute atomic E-state index is 0.000290. The molecule has 4 N–H and O–H groups in total. The number of hydrogen-bond donors (Lipinski definition) is 4. The molecule has 0 atom stereocenters. The van der Waals surface area contributed by atoms with E-state index in [1.165, 1.54) is 0 Å². The van der Waals surface area contributed by atoms with Gasteiger partial charge in [-0.2, -0.15) is 0 Å². The zero-order valence-electron chi connectivity index (χ0n) is 16.8. The molecular weight excluding hydrogens is 388 g/mol. The van der Waals surface area contributed by atoms with Gasteiger partial charge in [0.15, 0.2) is 5.11 Å². The fraction of sp³-hybridized carbons (Fsp3) is 0.238. The Morgan fingerprint density at radius 1 is 0.862 bits per heavy atom. The van der Waals surface area contributed by atoms with Gasteiger partial charge in [-0.05, 0) is 55.5 Å². The number of thiocarbonyl (C=S) groups is 1. The van der Waals surface area contributed by atoms with Crippen LogP contribution in [0.2, 0.25) is 0 Å². The van der Waals surface area contributed by atoms with Crippen LogP contribution in [-0.2, 0) is 4.79 Å². The highest BCUT2D eigenvalue weighted by molar-refractivity contribution is 7.80. The van der Waals surface area contributed by atoms with E-state index in [1.54, 1.807) is 57.2 Å². The van der Waals surface area contributed by atoms with E-state index in [1.807, 2.05) is 19.1 Å². The van der Waals surface area contributed by atoms with E-state index in [2.05, 4.69) is 21.5 Å². The number of nitrogens with one attached hydrogen (secondary N) is 4. The number of carbonyl (C=O) groups excluding carboxylic acids is 3. The van der Waals surface area contributed by atoms with Crippen molar-refractivity contribution in [1.29, 1.82) is 0 Å². The molecule has 3 amide bonds. The first-order chi connectivity index (χ1) is 13.6. The van der Waals surface area contributed by atoms with Gasteiger partial charge in [0.05, 0.1) is 0 Å². The zero-order chi connectivity index (χ0) is 21.6. The van der Waals surface area contributed by atoms with Gasteiger partial charge in [0, 0.05) is 22.2 Å². The first kappa shape index (κ1) is 22.0. The summed E-state index contributed by atoms with van der Waals surface area (Å²) in [5.41, 5.74) is 6.77. The third-order valence-electron chi connectivity index (χ3n) is 3.88. The van der Waals surface area contributed by atoms with Crippen molar-refractivity contribution in [3.63, 3.8) is 0 Å². The van der Waals surface area contributed by atoms with Crippen molar-refractivity contribution in [3.8, 4) is 0 Å². The third kappa shape index (κ3) is 6.69. The smallest absolute Gasteiger partial charge is 0.269 e. The highest BCUT2D eigenvalue weighted by Crippen LogP contribution is 2.13. The molecule has 2 aromatic carbocycles. The first-order valence-electron chi connectivity index (χ1n) is 8.96. The van der Waals surface area contributed by atoms with E-state index in [4.69, 9.17) is 12.2 Å². The Labute approximate surface area is 175 Å². The first-order valence-corrected chi connectivity index (χ1v) is 9.37. The van der Waals surface area contributed by atoms with E-state index in [0.29, 0.717) is 16.8 Å². The van der Waals surface area contributed by atoms with E-state index in [-0.39, 0.29) is 16.9 Å². The molecule has 0 aromatic heterocycles. The van der Waals surface area contributed by atoms with Crippen LogP contribution in [0.25, 0.3) is 0 Å². The Balaban J connectivity index is 1.89. The van der Waals surface area contributed by atoms with Crippen molar-refractivity contribution in [1.82, 2.24) is 16.2 Å². The van der Waals surface area contributed by atoms with Crippen molar-refractivity contribution in [2.45, 2.75) is 27.7 Å². The number of aryl methyl sites for hydroxylation is 1. The molecule has 0 aliphatic rings. The lowest BCUT2D eigenvalue weighted by atomic mass is 9.96. The van der Waals surface area contributed by atoms with E-state index >= 15 is 0 Å². The van der Waals surface area contributed by atoms with Crippen LogP contribution in [0, 0.1) is 12.3 Å². The molecule has 0 saturated carbocycles. The number of anilines is 1. The molecular formula is C21H24N4O3S. The molecule has 2 aromatic rings. The molecule has 0 bridgehead atoms. The molecule has 2 rings (SSSR count). The maximum absolute atomic E-state index is 12.3. The summed E-state index contributed by atoms with van der Waals surface area (Å²) in [5.74, 6) is -0.931. The summed E-state index contributed by atoms with van der Waals surface area (Å²) in [4.78, 5) is 36.3. The van der Waals surface area contributed by atoms with Gasteiger partial charge in [-0.15, -0.1) is 0 Å². The second-order valence-electron chi connectivity index (χ2n) is 7.51. The summed E-state index contributed by atoms with van der Waals surface area (Å²) in [6.45, 7) is 7.17. The highest BCUT2D eigenvalue weighted by Gasteiger charge is 2.22. The highest BCUT2D eigenvalue weighted by atomic mass is 32.1. The van der Waals surface area contributed by atoms with Crippen LogP contribution in [-0.4, -0.2) is 22.8 Å². The van der Waals surface area contributed by atoms with Crippen LogP contribution in [0.5, 0.6) is 0 Å². The lowest BCUT2D eigenvalue weighted by molar-refractivity contribution is -0.126. The predicted molar refractivity (Wildman–Crippen MR) is 116 cm³/mol. The topological polar surface area (TPSA) is 99.3 Å². The number of hydrogen-bond acceptors (Lipinski definition) is 4. The molecule has 0 aliphatic carbocycles. The van der Waals surface area contributed by atoms with Crippen LogP contribution in [0.4, 0.5) is 5.69 Å². The molecule has 7 nitrogen and oxygen atoms in total. The molecule has 8 heteroatoms. The van der Waals surface area contributed by atoms with Gasteiger partial charge in [-0.3, -0.25) is 25.2 Å². The maximum Gasteiger partial charge on any atom is 0.269 e. The summed E-state index contributed by atoms with van der Waals surface area (Å²) >= 11 is 4.99. The molecule has 0 heterocycles. The lowest BCUT2D eigenvalue weighted by Gasteiger charge is -2.18. The van der Waals surface area contributed by atoms with Crippen LogP contribution < -0.4 is 21.5 Å². The Kier molecular flexibility index (Phi) is 7.06. The number of hydrazine groups is 1. The Morgan fingerprint density at radius 3 is 2.10 bits per heavy atom. The standard InChI is InChI=1S/C21H24N4O3S/c1-13-6-5-7-15(12-13)17(26)22-16-10-8-14(9-11-16)18(27)24-25-20(29)23-19(28)21(2,3)4/h5-12H,1-4H3,(H,22,26)(H,24,27)(H2,23,25,28,29). The second kappa shape index (κ2) is 9.29. The van der Waals surface area contributed by atoms with Crippen molar-refractivity contribution in [2.24, 2.45) is 5.41 Å². The van der Waals surface area contributed by atoms with Crippen LogP contribution >= 0.6 is 12.2 Å². The quantitative estimate of drug-likeness (QED) is 0.459. The average Bonchev–Trinajstić information content (AvgIpc) is 2.66. The summed E-state index contributed by atoms with van der Waals surface area (Å²) in [5, 5.41) is 5.28. The number of rotatable bonds is 3. The molecule has 0 unspecified atom stereocenters. The predicted octanol–water partition coefficient (Wildman–Crippen LogP) is 2.93. The average molecular weight is 413 g/mol. The number of carbonyl (C=O) groups is 3. The zero-order valence-corrected chi connectivity index (χ0v) is 17.6. The van der Waals surface area contributed by atoms with Gasteiger partial charge in [0.2, 0.25) is 5.91 Å². The van der Waals surface area contributed by atoms with Gasteiger partial charge >= 0.3 is 0 Å². The van der Waals surface area contributed by atoms with E-state index in [9.17, 15) is 14.4 Å². The largest absolute Gasteiger partial charge is 0.322 e. The van der Waals surface area contributed by atoms with Gasteiger partial charge in [0.1, 0.15) is 0 Å². The van der Waals surface area contributed by atoms with Gasteiger partial charge in [-0.1, -0.05) is 38.5 Å². The molecule has 29 heavy (non-hydrogen) atoms. The van der Waals surface area contributed by atoms with Gasteiger partial charge in [-0.25, -0.2) is 0 Å². The van der Waals surface area contributed by atoms with Crippen molar-refractivity contribution in [2.75, 3.05) is 5.32 Å². The third-order valence-corrected chi connectivity index (χ3v) is 4.09. The van der Waals surface area contributed by atoms with Crippen LogP contribution in [0.1, 0.15) is 47.1 Å². The molecule has 0 aliphatic heterocycles. The lowest BCUT2D eigenvalue weighted by Crippen LogP contribution is -2.50. The second-order valence-corrected chi connectivity index (χ2v) is 7.92. The van der Waals surface area contributed by atoms with E-state index in [0.717, 1.165) is 5.56 Å². The van der Waals surface area contributed by atoms with Gasteiger partial charge in [0.25, 0.3) is 11.8 Å². The summed E-state index contributed by atoms with van der Waals surface area (Å²) in [6, 6.07) is 13.7. The minimum atomic E-state index is -0.603. The summed E-state index contributed by atoms with van der Waals surface area (Å²) in [7, 11) is 0. The molecule has 152 valence electrons. The summed E-state index contributed by atoms with van der Waals surface area (Å²) in [6.07, 6.45) is 0. The summed E-state index contributed by atoms with van der Waals surface area (Å²) < 4.78 is 0. The Morgan fingerprint density at radius 2 is 1.52 bits per heavy atom. The van der Waals surface area contributed by atoms with E-state index < -0.39 is 11.3 Å². The van der Waals surface area contributed by atoms with Crippen LogP contribution in [0.15, 0.2) is 48.5 Å². The molecule has 0 spiro atoms. The molecule has 0 saturated heterocycles. The molecule has 0 radical (unpaired) electrons. The normalized spacial score (nSPS) is 10.6. The minimum Gasteiger partial charge on any atom is -0.322 e. The number of amides is 3. The van der Waals surface area contributed by atoms with Crippen molar-refractivity contribution >= 4 is 40.7 Å². The Hall–Kier alpha value is -3.26. The van der Waals surface area contributed by atoms with Crippen molar-refractivity contribution < 1.29 is 14.4 Å². The monoisotopic (exact) mass is 412 g/mol. The SMILES string of the molecule is Cc1cccc(C(=O)Nc2ccc(C(=O)NNC(=S)NC(=O)C(C)(C)C)cc2)c1. The van der Waals surface area contributed by atoms with Gasteiger partial charge < -0.3 is 10.6 Å².